The minimum atomic E-state index is -0.109. The summed E-state index contributed by atoms with van der Waals surface area (Å²) in [4.78, 5) is 29.7. The Morgan fingerprint density at radius 2 is 1.65 bits per heavy atom. The first-order valence-electron chi connectivity index (χ1n) is 14.0. The highest BCUT2D eigenvalue weighted by molar-refractivity contribution is 5.78. The number of nitrogens with two attached hydrogens (primary N) is 1. The lowest BCUT2D eigenvalue weighted by molar-refractivity contribution is -0.148. The zero-order valence-corrected chi connectivity index (χ0v) is 24.1. The molecule has 2 aromatic carbocycles. The van der Waals surface area contributed by atoms with E-state index in [1.807, 2.05) is 73.3 Å². The van der Waals surface area contributed by atoms with E-state index < -0.39 is 0 Å². The van der Waals surface area contributed by atoms with E-state index in [1.165, 1.54) is 7.11 Å². The third-order valence-electron chi connectivity index (χ3n) is 7.38. The van der Waals surface area contributed by atoms with Crippen LogP contribution in [0.25, 0.3) is 0 Å². The number of carbonyl (C=O) groups is 2. The zero-order chi connectivity index (χ0) is 28.9. The number of rotatable bonds is 8. The van der Waals surface area contributed by atoms with Crippen LogP contribution in [-0.4, -0.2) is 68.4 Å². The number of methoxy groups -OCH3 is 2. The molecule has 0 spiro atoms. The number of likely N-dealkylation sites (tertiary alicyclic amines) is 1. The Hall–Kier alpha value is -3.43. The molecule has 1 aliphatic carbocycles. The summed E-state index contributed by atoms with van der Waals surface area (Å²) in [6.45, 7) is 5.08. The van der Waals surface area contributed by atoms with Crippen LogP contribution in [0.1, 0.15) is 51.0 Å². The first kappa shape index (κ1) is 31.1. The van der Waals surface area contributed by atoms with E-state index in [1.54, 1.807) is 7.11 Å². The highest BCUT2D eigenvalue weighted by Gasteiger charge is 2.36. The van der Waals surface area contributed by atoms with Gasteiger partial charge in [0.25, 0.3) is 6.02 Å². The number of carbonyl (C=O) groups excluding carboxylic acids is 2. The van der Waals surface area contributed by atoms with Crippen LogP contribution in [0.2, 0.25) is 0 Å². The molecule has 2 fully saturated rings. The Morgan fingerprint density at radius 1 is 0.975 bits per heavy atom. The Kier molecular flexibility index (Phi) is 12.4. The lowest BCUT2D eigenvalue weighted by Gasteiger charge is -2.30. The minimum absolute atomic E-state index is 0.0161. The number of nitrogens with zero attached hydrogens (tertiary/aromatic N) is 2. The number of amides is 1. The SMILES string of the molecule is CCC(=O)N1CC(OC)CC1COC1CCC(C(=O)OC)CC1.Cc1ccccc1N=C(N)Oc1ccccc1. The topological polar surface area (TPSA) is 113 Å². The van der Waals surface area contributed by atoms with Gasteiger partial charge in [-0.3, -0.25) is 9.59 Å². The van der Waals surface area contributed by atoms with Crippen molar-refractivity contribution in [1.82, 2.24) is 4.90 Å². The molecule has 1 saturated carbocycles. The average molecular weight is 554 g/mol. The van der Waals surface area contributed by atoms with Gasteiger partial charge in [-0.15, -0.1) is 0 Å². The summed E-state index contributed by atoms with van der Waals surface area (Å²) >= 11 is 0. The first-order chi connectivity index (χ1) is 19.3. The molecule has 1 heterocycles. The van der Waals surface area contributed by atoms with Crippen LogP contribution in [0.3, 0.4) is 0 Å². The van der Waals surface area contributed by atoms with Gasteiger partial charge >= 0.3 is 5.97 Å². The predicted molar refractivity (Wildman–Crippen MR) is 154 cm³/mol. The summed E-state index contributed by atoms with van der Waals surface area (Å²) in [5.74, 6) is 0.749. The molecule has 2 N–H and O–H groups in total. The summed E-state index contributed by atoms with van der Waals surface area (Å²) < 4.78 is 21.7. The summed E-state index contributed by atoms with van der Waals surface area (Å²) in [6.07, 6.45) is 5.02. The molecule has 9 heteroatoms. The fourth-order valence-electron chi connectivity index (χ4n) is 5.03. The van der Waals surface area contributed by atoms with Gasteiger partial charge in [0.1, 0.15) is 5.75 Å². The van der Waals surface area contributed by atoms with Crippen LogP contribution in [0.4, 0.5) is 5.69 Å². The van der Waals surface area contributed by atoms with Crippen molar-refractivity contribution >= 4 is 23.6 Å². The lowest BCUT2D eigenvalue weighted by Crippen LogP contribution is -2.39. The van der Waals surface area contributed by atoms with Crippen molar-refractivity contribution < 1.29 is 28.5 Å². The molecule has 0 aromatic heterocycles. The maximum absolute atomic E-state index is 12.1. The molecule has 2 aliphatic rings. The molecule has 0 radical (unpaired) electrons. The van der Waals surface area contributed by atoms with Gasteiger partial charge in [-0.05, 0) is 62.8 Å². The molecule has 40 heavy (non-hydrogen) atoms. The zero-order valence-electron chi connectivity index (χ0n) is 24.1. The monoisotopic (exact) mass is 553 g/mol. The minimum Gasteiger partial charge on any atom is -0.469 e. The average Bonchev–Trinajstić information content (AvgIpc) is 3.41. The number of esters is 1. The number of amidine groups is 1. The maximum Gasteiger partial charge on any atom is 0.308 e. The van der Waals surface area contributed by atoms with Crippen molar-refractivity contribution in [2.45, 2.75) is 70.6 Å². The van der Waals surface area contributed by atoms with Gasteiger partial charge in [-0.2, -0.15) is 4.99 Å². The van der Waals surface area contributed by atoms with Crippen LogP contribution in [0.5, 0.6) is 5.75 Å². The molecule has 218 valence electrons. The number of aliphatic imine (C=N–C) groups is 1. The number of para-hydroxylation sites is 2. The molecule has 1 saturated heterocycles. The second kappa shape index (κ2) is 16.0. The number of hydrogen-bond acceptors (Lipinski definition) is 7. The second-order valence-corrected chi connectivity index (χ2v) is 10.1. The highest BCUT2D eigenvalue weighted by atomic mass is 16.5. The number of benzene rings is 2. The highest BCUT2D eigenvalue weighted by Crippen LogP contribution is 2.28. The van der Waals surface area contributed by atoms with Gasteiger partial charge < -0.3 is 29.6 Å². The standard InChI is InChI=1S/C17H29NO5.C14H14N2O/c1-4-16(19)18-10-15(21-2)9-13(18)11-23-14-7-5-12(6-8-14)17(20)22-3;1-11-7-5-6-10-13(11)16-14(15)17-12-8-3-2-4-9-12/h12-15H,4-11H2,1-3H3;2-10H,1H3,(H2,15,16). The summed E-state index contributed by atoms with van der Waals surface area (Å²) in [5.41, 5.74) is 7.62. The molecule has 0 bridgehead atoms. The van der Waals surface area contributed by atoms with E-state index in [4.69, 9.17) is 24.7 Å². The van der Waals surface area contributed by atoms with Crippen LogP contribution < -0.4 is 10.5 Å². The third kappa shape index (κ3) is 9.34. The Morgan fingerprint density at radius 3 is 2.27 bits per heavy atom. The fourth-order valence-corrected chi connectivity index (χ4v) is 5.03. The Balaban J connectivity index is 0.000000230. The van der Waals surface area contributed by atoms with Gasteiger partial charge in [-0.1, -0.05) is 43.3 Å². The van der Waals surface area contributed by atoms with Crippen LogP contribution >= 0.6 is 0 Å². The van der Waals surface area contributed by atoms with Crippen LogP contribution in [-0.2, 0) is 23.8 Å². The first-order valence-corrected chi connectivity index (χ1v) is 14.0. The van der Waals surface area contributed by atoms with Crippen LogP contribution in [0, 0.1) is 12.8 Å². The van der Waals surface area contributed by atoms with Gasteiger partial charge in [-0.25, -0.2) is 0 Å². The normalized spacial score (nSPS) is 22.7. The Labute approximate surface area is 237 Å². The van der Waals surface area contributed by atoms with Crippen LogP contribution in [0.15, 0.2) is 59.6 Å². The Bertz CT molecular complexity index is 1100. The summed E-state index contributed by atoms with van der Waals surface area (Å²) in [5, 5.41) is 0. The van der Waals surface area contributed by atoms with Crippen molar-refractivity contribution in [3.05, 3.63) is 60.2 Å². The molecule has 2 atom stereocenters. The third-order valence-corrected chi connectivity index (χ3v) is 7.38. The van der Waals surface area contributed by atoms with Gasteiger partial charge in [0.05, 0.1) is 43.6 Å². The predicted octanol–water partition coefficient (Wildman–Crippen LogP) is 4.78. The smallest absolute Gasteiger partial charge is 0.308 e. The maximum atomic E-state index is 12.1. The van der Waals surface area contributed by atoms with E-state index in [-0.39, 0.29) is 42.1 Å². The van der Waals surface area contributed by atoms with E-state index in [9.17, 15) is 9.59 Å². The number of aryl methyl sites for hydroxylation is 1. The van der Waals surface area contributed by atoms with Crippen molar-refractivity contribution in [2.24, 2.45) is 16.6 Å². The van der Waals surface area contributed by atoms with E-state index in [0.717, 1.165) is 43.4 Å². The van der Waals surface area contributed by atoms with Crippen molar-refractivity contribution in [3.63, 3.8) is 0 Å². The van der Waals surface area contributed by atoms with E-state index in [0.29, 0.717) is 25.3 Å². The molecule has 2 unspecified atom stereocenters. The van der Waals surface area contributed by atoms with Gasteiger partial charge in [0.15, 0.2) is 0 Å². The quantitative estimate of drug-likeness (QED) is 0.284. The van der Waals surface area contributed by atoms with Crippen molar-refractivity contribution in [3.8, 4) is 5.75 Å². The molecule has 1 amide bonds. The molecule has 9 nitrogen and oxygen atoms in total. The number of hydrogen-bond donors (Lipinski definition) is 1. The molecule has 4 rings (SSSR count). The van der Waals surface area contributed by atoms with Crippen molar-refractivity contribution in [2.75, 3.05) is 27.4 Å². The largest absolute Gasteiger partial charge is 0.469 e. The summed E-state index contributed by atoms with van der Waals surface area (Å²) in [7, 11) is 3.13. The van der Waals surface area contributed by atoms with Crippen molar-refractivity contribution in [1.29, 1.82) is 0 Å². The van der Waals surface area contributed by atoms with Gasteiger partial charge in [0, 0.05) is 20.1 Å². The second-order valence-electron chi connectivity index (χ2n) is 10.1. The lowest BCUT2D eigenvalue weighted by atomic mass is 9.87. The molecule has 2 aromatic rings. The number of ether oxygens (including phenoxy) is 4. The molecular formula is C31H43N3O6. The fraction of sp³-hybridized carbons (Fsp3) is 0.516. The molecular weight excluding hydrogens is 510 g/mol. The van der Waals surface area contributed by atoms with E-state index >= 15 is 0 Å². The molecule has 1 aliphatic heterocycles. The summed E-state index contributed by atoms with van der Waals surface area (Å²) in [6, 6.07) is 17.4. The van der Waals surface area contributed by atoms with E-state index in [2.05, 4.69) is 4.99 Å². The van der Waals surface area contributed by atoms with Gasteiger partial charge in [0.2, 0.25) is 5.91 Å².